The summed E-state index contributed by atoms with van der Waals surface area (Å²) < 4.78 is 11.3. The van der Waals surface area contributed by atoms with Crippen molar-refractivity contribution >= 4 is 5.71 Å². The van der Waals surface area contributed by atoms with E-state index < -0.39 is 0 Å². The van der Waals surface area contributed by atoms with Crippen LogP contribution in [0.2, 0.25) is 0 Å². The minimum Gasteiger partial charge on any atom is -0.490 e. The molecule has 1 N–H and O–H groups in total. The molecule has 0 unspecified atom stereocenters. The van der Waals surface area contributed by atoms with Crippen LogP contribution in [0.15, 0.2) is 23.4 Å². The summed E-state index contributed by atoms with van der Waals surface area (Å²) in [5, 5.41) is 12.1. The van der Waals surface area contributed by atoms with E-state index in [-0.39, 0.29) is 5.60 Å². The Hall–Kier alpha value is -1.55. The first-order chi connectivity index (χ1) is 8.83. The lowest BCUT2D eigenvalue weighted by atomic mass is 10.1. The molecule has 0 aliphatic carbocycles. The predicted molar refractivity (Wildman–Crippen MR) is 76.4 cm³/mol. The fourth-order valence-electron chi connectivity index (χ4n) is 1.60. The lowest BCUT2D eigenvalue weighted by Gasteiger charge is -2.20. The van der Waals surface area contributed by atoms with Gasteiger partial charge >= 0.3 is 0 Å². The Morgan fingerprint density at radius 3 is 2.53 bits per heavy atom. The normalized spacial score (nSPS) is 12.6. The number of aryl methyl sites for hydroxylation is 1. The lowest BCUT2D eigenvalue weighted by Crippen LogP contribution is -2.22. The zero-order valence-corrected chi connectivity index (χ0v) is 12.4. The van der Waals surface area contributed by atoms with Crippen LogP contribution in [0.5, 0.6) is 5.75 Å². The molecule has 1 aromatic carbocycles. The molecule has 0 saturated carbocycles. The van der Waals surface area contributed by atoms with Crippen molar-refractivity contribution in [3.05, 3.63) is 29.3 Å². The molecule has 0 amide bonds. The number of nitrogens with zero attached hydrogens (tertiary/aromatic N) is 1. The second-order valence-corrected chi connectivity index (χ2v) is 5.49. The number of rotatable bonds is 5. The van der Waals surface area contributed by atoms with Crippen molar-refractivity contribution in [2.24, 2.45) is 5.16 Å². The van der Waals surface area contributed by atoms with E-state index in [1.807, 2.05) is 45.9 Å². The summed E-state index contributed by atoms with van der Waals surface area (Å²) in [6, 6.07) is 5.79. The van der Waals surface area contributed by atoms with Crippen molar-refractivity contribution in [2.45, 2.75) is 40.2 Å². The van der Waals surface area contributed by atoms with E-state index in [9.17, 15) is 0 Å². The molecule has 19 heavy (non-hydrogen) atoms. The Balaban J connectivity index is 2.69. The molecule has 0 saturated heterocycles. The molecule has 0 aromatic heterocycles. The summed E-state index contributed by atoms with van der Waals surface area (Å²) in [5.74, 6) is 0.716. The first-order valence-electron chi connectivity index (χ1n) is 6.40. The molecule has 106 valence electrons. The second kappa shape index (κ2) is 6.57. The van der Waals surface area contributed by atoms with Crippen LogP contribution in [0.25, 0.3) is 0 Å². The summed E-state index contributed by atoms with van der Waals surface area (Å²) in [5.41, 5.74) is 2.26. The van der Waals surface area contributed by atoms with E-state index in [2.05, 4.69) is 5.16 Å². The van der Waals surface area contributed by atoms with Crippen molar-refractivity contribution in [1.29, 1.82) is 0 Å². The van der Waals surface area contributed by atoms with E-state index in [1.165, 1.54) is 0 Å². The van der Waals surface area contributed by atoms with Gasteiger partial charge in [-0.05, 0) is 52.3 Å². The zero-order chi connectivity index (χ0) is 14.5. The summed E-state index contributed by atoms with van der Waals surface area (Å²) in [6.07, 6.45) is 0. The third kappa shape index (κ3) is 5.30. The van der Waals surface area contributed by atoms with E-state index in [4.69, 9.17) is 14.7 Å². The molecule has 0 heterocycles. The van der Waals surface area contributed by atoms with Gasteiger partial charge in [0, 0.05) is 5.56 Å². The minimum atomic E-state index is -0.165. The van der Waals surface area contributed by atoms with Crippen LogP contribution in [-0.4, -0.2) is 29.7 Å². The minimum absolute atomic E-state index is 0.165. The fourth-order valence-corrected chi connectivity index (χ4v) is 1.60. The van der Waals surface area contributed by atoms with Gasteiger partial charge in [-0.3, -0.25) is 0 Å². The summed E-state index contributed by atoms with van der Waals surface area (Å²) >= 11 is 0. The van der Waals surface area contributed by atoms with Crippen molar-refractivity contribution in [3.63, 3.8) is 0 Å². The van der Waals surface area contributed by atoms with Crippen LogP contribution in [0.1, 0.15) is 38.8 Å². The Kier molecular flexibility index (Phi) is 5.36. The van der Waals surface area contributed by atoms with E-state index in [1.54, 1.807) is 6.92 Å². The number of ether oxygens (including phenoxy) is 2. The molecule has 1 aromatic rings. The quantitative estimate of drug-likeness (QED) is 0.384. The highest BCUT2D eigenvalue weighted by atomic mass is 16.5. The van der Waals surface area contributed by atoms with Crippen molar-refractivity contribution in [1.82, 2.24) is 0 Å². The molecular formula is C15H23NO3. The van der Waals surface area contributed by atoms with Gasteiger partial charge in [0.2, 0.25) is 0 Å². The Labute approximate surface area is 115 Å². The fraction of sp³-hybridized carbons (Fsp3) is 0.533. The maximum absolute atomic E-state index is 8.87. The monoisotopic (exact) mass is 265 g/mol. The molecule has 1 rings (SSSR count). The van der Waals surface area contributed by atoms with Crippen LogP contribution in [0.4, 0.5) is 0 Å². The van der Waals surface area contributed by atoms with E-state index in [0.29, 0.717) is 24.7 Å². The zero-order valence-electron chi connectivity index (χ0n) is 12.4. The highest BCUT2D eigenvalue weighted by Gasteiger charge is 2.11. The highest BCUT2D eigenvalue weighted by Crippen LogP contribution is 2.21. The SMILES string of the molecule is C/C(=N/O)c1ccc(C)cc1OCCOC(C)(C)C. The Morgan fingerprint density at radius 1 is 1.26 bits per heavy atom. The van der Waals surface area contributed by atoms with Gasteiger partial charge in [0.15, 0.2) is 0 Å². The van der Waals surface area contributed by atoms with Gasteiger partial charge in [0.25, 0.3) is 0 Å². The van der Waals surface area contributed by atoms with Crippen LogP contribution in [-0.2, 0) is 4.74 Å². The van der Waals surface area contributed by atoms with Crippen molar-refractivity contribution in [2.75, 3.05) is 13.2 Å². The van der Waals surface area contributed by atoms with Crippen molar-refractivity contribution in [3.8, 4) is 5.75 Å². The van der Waals surface area contributed by atoms with Gasteiger partial charge < -0.3 is 14.7 Å². The number of hydrogen-bond donors (Lipinski definition) is 1. The number of benzene rings is 1. The Bertz CT molecular complexity index is 447. The predicted octanol–water partition coefficient (Wildman–Crippen LogP) is 3.39. The van der Waals surface area contributed by atoms with Crippen LogP contribution >= 0.6 is 0 Å². The van der Waals surface area contributed by atoms with E-state index in [0.717, 1.165) is 11.1 Å². The topological polar surface area (TPSA) is 51.1 Å². The molecule has 0 aliphatic rings. The number of hydrogen-bond acceptors (Lipinski definition) is 4. The average molecular weight is 265 g/mol. The lowest BCUT2D eigenvalue weighted by molar-refractivity contribution is -0.0163. The smallest absolute Gasteiger partial charge is 0.128 e. The molecule has 0 fully saturated rings. The highest BCUT2D eigenvalue weighted by molar-refractivity contribution is 6.00. The molecule has 4 heteroatoms. The molecule has 0 aliphatic heterocycles. The maximum atomic E-state index is 8.87. The summed E-state index contributed by atoms with van der Waals surface area (Å²) in [6.45, 7) is 10.7. The van der Waals surface area contributed by atoms with Gasteiger partial charge in [-0.15, -0.1) is 0 Å². The molecular weight excluding hydrogens is 242 g/mol. The maximum Gasteiger partial charge on any atom is 0.128 e. The second-order valence-electron chi connectivity index (χ2n) is 5.49. The Morgan fingerprint density at radius 2 is 1.95 bits per heavy atom. The van der Waals surface area contributed by atoms with E-state index >= 15 is 0 Å². The number of oxime groups is 1. The van der Waals surface area contributed by atoms with Gasteiger partial charge in [-0.25, -0.2) is 0 Å². The molecule has 0 radical (unpaired) electrons. The summed E-state index contributed by atoms with van der Waals surface area (Å²) in [4.78, 5) is 0. The first kappa shape index (κ1) is 15.5. The van der Waals surface area contributed by atoms with Gasteiger partial charge in [0.1, 0.15) is 12.4 Å². The van der Waals surface area contributed by atoms with Crippen molar-refractivity contribution < 1.29 is 14.7 Å². The molecule has 0 bridgehead atoms. The van der Waals surface area contributed by atoms with Crippen LogP contribution in [0, 0.1) is 6.92 Å². The van der Waals surface area contributed by atoms with Crippen LogP contribution in [0.3, 0.4) is 0 Å². The largest absolute Gasteiger partial charge is 0.490 e. The molecule has 0 atom stereocenters. The van der Waals surface area contributed by atoms with Crippen LogP contribution < -0.4 is 4.74 Å². The van der Waals surface area contributed by atoms with Gasteiger partial charge in [-0.2, -0.15) is 0 Å². The van der Waals surface area contributed by atoms with Gasteiger partial charge in [0.05, 0.1) is 17.9 Å². The third-order valence-electron chi connectivity index (χ3n) is 2.55. The average Bonchev–Trinajstić information content (AvgIpc) is 2.33. The van der Waals surface area contributed by atoms with Gasteiger partial charge in [-0.1, -0.05) is 11.2 Å². The third-order valence-corrected chi connectivity index (χ3v) is 2.55. The molecule has 4 nitrogen and oxygen atoms in total. The molecule has 0 spiro atoms. The first-order valence-corrected chi connectivity index (χ1v) is 6.40. The standard InChI is InChI=1S/C15H23NO3/c1-11-6-7-13(12(2)16-17)14(10-11)18-8-9-19-15(3,4)5/h6-7,10,17H,8-9H2,1-5H3/b16-12-. The summed E-state index contributed by atoms with van der Waals surface area (Å²) in [7, 11) is 0.